The number of halogens is 1. The fraction of sp³-hybridized carbons (Fsp3) is 0.611. The summed E-state index contributed by atoms with van der Waals surface area (Å²) in [5.41, 5.74) is 0. The van der Waals surface area contributed by atoms with E-state index in [4.69, 9.17) is 0 Å². The molecule has 9 heteroatoms. The highest BCUT2D eigenvalue weighted by molar-refractivity contribution is 14.0. The molecule has 0 saturated carbocycles. The number of nitrogens with one attached hydrogen (secondary N) is 2. The Morgan fingerprint density at radius 2 is 2.04 bits per heavy atom. The summed E-state index contributed by atoms with van der Waals surface area (Å²) in [5.74, 6) is 2.51. The van der Waals surface area contributed by atoms with E-state index >= 15 is 0 Å². The summed E-state index contributed by atoms with van der Waals surface area (Å²) in [6.45, 7) is 7.17. The first-order valence-corrected chi connectivity index (χ1v) is 11.2. The second-order valence-electron chi connectivity index (χ2n) is 6.47. The molecule has 0 aliphatic rings. The predicted molar refractivity (Wildman–Crippen MR) is 128 cm³/mol. The molecule has 0 spiro atoms. The smallest absolute Gasteiger partial charge is 0.190 e. The summed E-state index contributed by atoms with van der Waals surface area (Å²) in [4.78, 5) is 5.68. The molecule has 0 amide bonds. The molecule has 2 N–H and O–H groups in total. The van der Waals surface area contributed by atoms with E-state index in [0.717, 1.165) is 55.8 Å². The van der Waals surface area contributed by atoms with Crippen molar-refractivity contribution in [2.45, 2.75) is 44.8 Å². The van der Waals surface area contributed by atoms with Crippen LogP contribution in [0.5, 0.6) is 0 Å². The number of thiophene rings is 1. The number of nitrogens with zero attached hydrogens (tertiary/aromatic N) is 4. The molecule has 0 fully saturated rings. The Morgan fingerprint density at radius 1 is 1.26 bits per heavy atom. The lowest BCUT2D eigenvalue weighted by molar-refractivity contribution is 0.477. The Balaban J connectivity index is 0.00000364. The van der Waals surface area contributed by atoms with Crippen molar-refractivity contribution in [2.24, 2.45) is 10.9 Å². The van der Waals surface area contributed by atoms with Crippen LogP contribution >= 0.6 is 47.1 Å². The van der Waals surface area contributed by atoms with Gasteiger partial charge in [0.05, 0.1) is 0 Å². The molecule has 2 aromatic rings. The first kappa shape index (κ1) is 24.2. The molecule has 2 heterocycles. The summed E-state index contributed by atoms with van der Waals surface area (Å²) in [7, 11) is 1.81. The predicted octanol–water partition coefficient (Wildman–Crippen LogP) is 3.68. The van der Waals surface area contributed by atoms with E-state index in [-0.39, 0.29) is 24.0 Å². The maximum absolute atomic E-state index is 4.37. The zero-order valence-electron chi connectivity index (χ0n) is 16.6. The minimum absolute atomic E-state index is 0. The molecule has 0 saturated heterocycles. The summed E-state index contributed by atoms with van der Waals surface area (Å²) in [6.07, 6.45) is 4.99. The Labute approximate surface area is 188 Å². The third-order valence-corrected chi connectivity index (χ3v) is 5.46. The van der Waals surface area contributed by atoms with Gasteiger partial charge in [0, 0.05) is 38.0 Å². The lowest BCUT2D eigenvalue weighted by Gasteiger charge is -2.13. The van der Waals surface area contributed by atoms with Crippen molar-refractivity contribution in [3.63, 3.8) is 0 Å². The Hall–Kier alpha value is -0.810. The van der Waals surface area contributed by atoms with Gasteiger partial charge in [-0.3, -0.25) is 4.99 Å². The van der Waals surface area contributed by atoms with Gasteiger partial charge in [-0.2, -0.15) is 0 Å². The van der Waals surface area contributed by atoms with Gasteiger partial charge in [-0.25, -0.2) is 0 Å². The number of guanidine groups is 1. The maximum atomic E-state index is 4.37. The molecule has 0 radical (unpaired) electrons. The van der Waals surface area contributed by atoms with Crippen LogP contribution in [0.15, 0.2) is 27.7 Å². The number of aryl methyl sites for hydroxylation is 1. The van der Waals surface area contributed by atoms with Gasteiger partial charge < -0.3 is 15.2 Å². The molecule has 2 rings (SSSR count). The monoisotopic (exact) mass is 522 g/mol. The van der Waals surface area contributed by atoms with E-state index < -0.39 is 0 Å². The summed E-state index contributed by atoms with van der Waals surface area (Å²) in [6, 6.07) is 4.26. The zero-order valence-corrected chi connectivity index (χ0v) is 20.5. The standard InChI is InChI=1S/C18H30N6S2.HI/c1-14(2)13-24-16(22-23-18(24)25-4)8-5-10-20-17(19-3)21-11-9-15-7-6-12-26-15;/h6-7,12,14H,5,8-11,13H2,1-4H3,(H2,19,20,21);1H. The Morgan fingerprint density at radius 3 is 2.67 bits per heavy atom. The average molecular weight is 523 g/mol. The summed E-state index contributed by atoms with van der Waals surface area (Å²) < 4.78 is 2.25. The van der Waals surface area contributed by atoms with Crippen molar-refractivity contribution in [3.8, 4) is 0 Å². The molecule has 0 aromatic carbocycles. The van der Waals surface area contributed by atoms with Gasteiger partial charge in [-0.15, -0.1) is 45.5 Å². The molecule has 2 aromatic heterocycles. The van der Waals surface area contributed by atoms with Crippen LogP contribution in [0.25, 0.3) is 0 Å². The van der Waals surface area contributed by atoms with E-state index in [9.17, 15) is 0 Å². The Kier molecular flexibility index (Phi) is 12.0. The second-order valence-corrected chi connectivity index (χ2v) is 8.27. The van der Waals surface area contributed by atoms with Crippen molar-refractivity contribution in [3.05, 3.63) is 28.2 Å². The van der Waals surface area contributed by atoms with Crippen molar-refractivity contribution in [1.29, 1.82) is 0 Å². The number of rotatable bonds is 10. The molecule has 0 aliphatic heterocycles. The van der Waals surface area contributed by atoms with E-state index in [2.05, 4.69) is 68.0 Å². The fourth-order valence-electron chi connectivity index (χ4n) is 2.64. The van der Waals surface area contributed by atoms with E-state index in [1.807, 2.05) is 7.05 Å². The van der Waals surface area contributed by atoms with Gasteiger partial charge in [0.2, 0.25) is 0 Å². The van der Waals surface area contributed by atoms with E-state index in [0.29, 0.717) is 5.92 Å². The van der Waals surface area contributed by atoms with E-state index in [1.165, 1.54) is 4.88 Å². The molecule has 0 bridgehead atoms. The quantitative estimate of drug-likeness (QED) is 0.164. The Bertz CT molecular complexity index is 669. The normalized spacial score (nSPS) is 11.5. The molecule has 0 atom stereocenters. The van der Waals surface area contributed by atoms with Crippen LogP contribution in [0.4, 0.5) is 0 Å². The summed E-state index contributed by atoms with van der Waals surface area (Å²) >= 11 is 3.45. The average Bonchev–Trinajstić information content (AvgIpc) is 3.26. The van der Waals surface area contributed by atoms with Gasteiger partial charge in [-0.1, -0.05) is 31.7 Å². The number of hydrogen-bond acceptors (Lipinski definition) is 5. The van der Waals surface area contributed by atoms with Gasteiger partial charge in [-0.05, 0) is 36.5 Å². The lowest BCUT2D eigenvalue weighted by Crippen LogP contribution is -2.38. The van der Waals surface area contributed by atoms with Crippen LogP contribution < -0.4 is 10.6 Å². The van der Waals surface area contributed by atoms with Crippen LogP contribution in [0, 0.1) is 5.92 Å². The van der Waals surface area contributed by atoms with Crippen LogP contribution in [-0.4, -0.2) is 47.1 Å². The van der Waals surface area contributed by atoms with Crippen molar-refractivity contribution < 1.29 is 0 Å². The molecular formula is C18H31IN6S2. The van der Waals surface area contributed by atoms with Crippen molar-refractivity contribution in [2.75, 3.05) is 26.4 Å². The van der Waals surface area contributed by atoms with E-state index in [1.54, 1.807) is 23.1 Å². The minimum Gasteiger partial charge on any atom is -0.356 e. The van der Waals surface area contributed by atoms with Gasteiger partial charge in [0.25, 0.3) is 0 Å². The molecule has 152 valence electrons. The summed E-state index contributed by atoms with van der Waals surface area (Å²) in [5, 5.41) is 18.5. The highest BCUT2D eigenvalue weighted by atomic mass is 127. The molecule has 0 unspecified atom stereocenters. The zero-order chi connectivity index (χ0) is 18.8. The maximum Gasteiger partial charge on any atom is 0.190 e. The first-order chi connectivity index (χ1) is 12.6. The van der Waals surface area contributed by atoms with Crippen molar-refractivity contribution in [1.82, 2.24) is 25.4 Å². The SMILES string of the molecule is CN=C(NCCCc1nnc(SC)n1CC(C)C)NCCc1cccs1.I. The van der Waals surface area contributed by atoms with Crippen LogP contribution in [0.2, 0.25) is 0 Å². The number of aromatic nitrogens is 3. The molecule has 27 heavy (non-hydrogen) atoms. The van der Waals surface area contributed by atoms with Gasteiger partial charge in [0.1, 0.15) is 5.82 Å². The van der Waals surface area contributed by atoms with Crippen LogP contribution in [-0.2, 0) is 19.4 Å². The molecule has 6 nitrogen and oxygen atoms in total. The third-order valence-electron chi connectivity index (χ3n) is 3.86. The third kappa shape index (κ3) is 8.39. The largest absolute Gasteiger partial charge is 0.356 e. The first-order valence-electron chi connectivity index (χ1n) is 9.07. The fourth-order valence-corrected chi connectivity index (χ4v) is 3.87. The molecular weight excluding hydrogens is 491 g/mol. The van der Waals surface area contributed by atoms with Gasteiger partial charge >= 0.3 is 0 Å². The highest BCUT2D eigenvalue weighted by Crippen LogP contribution is 2.16. The van der Waals surface area contributed by atoms with Crippen molar-refractivity contribution >= 4 is 53.0 Å². The molecule has 0 aliphatic carbocycles. The number of aliphatic imine (C=N–C) groups is 1. The number of thioether (sulfide) groups is 1. The highest BCUT2D eigenvalue weighted by Gasteiger charge is 2.12. The second kappa shape index (κ2) is 13.4. The minimum atomic E-state index is 0. The number of hydrogen-bond donors (Lipinski definition) is 2. The van der Waals surface area contributed by atoms with Crippen LogP contribution in [0.1, 0.15) is 31.0 Å². The van der Waals surface area contributed by atoms with Crippen LogP contribution in [0.3, 0.4) is 0 Å². The van der Waals surface area contributed by atoms with Gasteiger partial charge in [0.15, 0.2) is 11.1 Å². The lowest BCUT2D eigenvalue weighted by atomic mass is 10.2. The topological polar surface area (TPSA) is 67.1 Å².